The maximum absolute atomic E-state index is 14.5. The number of carbonyl (C=O) groups excluding carboxylic acids is 1. The Morgan fingerprint density at radius 1 is 1.14 bits per heavy atom. The van der Waals surface area contributed by atoms with Gasteiger partial charge in [0, 0.05) is 18.8 Å². The summed E-state index contributed by atoms with van der Waals surface area (Å²) in [6.07, 6.45) is 2.97. The standard InChI is InChI=1S/C26H26F3N3O3/c1-13-9-14(11-22(34)26(13,2)35)16-7-8-31-12-15(16)10-21(33)20-6-4-18(28)25(32-20)23-17(27)3-5-19(30)24(23)29/h3-8,12-14,22,34-35H,9-11,30H2,1-2H3/t13-,14+,22+,26+/m0/s1. The van der Waals surface area contributed by atoms with Gasteiger partial charge in [-0.1, -0.05) is 6.92 Å². The summed E-state index contributed by atoms with van der Waals surface area (Å²) < 4.78 is 43.3. The monoisotopic (exact) mass is 485 g/mol. The first-order valence-electron chi connectivity index (χ1n) is 11.3. The Kier molecular flexibility index (Phi) is 6.66. The van der Waals surface area contributed by atoms with E-state index in [1.54, 1.807) is 25.4 Å². The molecule has 4 rings (SSSR count). The highest BCUT2D eigenvalue weighted by molar-refractivity contribution is 5.96. The van der Waals surface area contributed by atoms with Gasteiger partial charge in [0.15, 0.2) is 11.6 Å². The van der Waals surface area contributed by atoms with Crippen LogP contribution in [0.25, 0.3) is 11.3 Å². The maximum atomic E-state index is 14.5. The van der Waals surface area contributed by atoms with Gasteiger partial charge in [-0.05, 0) is 73.1 Å². The van der Waals surface area contributed by atoms with Crippen LogP contribution >= 0.6 is 0 Å². The molecule has 6 nitrogen and oxygen atoms in total. The van der Waals surface area contributed by atoms with Gasteiger partial charge in [0.1, 0.15) is 23.0 Å². The van der Waals surface area contributed by atoms with Crippen LogP contribution in [0.5, 0.6) is 0 Å². The van der Waals surface area contributed by atoms with Crippen LogP contribution in [0.1, 0.15) is 54.2 Å². The second-order valence-electron chi connectivity index (χ2n) is 9.34. The fourth-order valence-corrected chi connectivity index (χ4v) is 4.66. The molecule has 4 atom stereocenters. The minimum Gasteiger partial charge on any atom is -0.396 e. The lowest BCUT2D eigenvalue weighted by atomic mass is 9.68. The lowest BCUT2D eigenvalue weighted by Crippen LogP contribution is -2.49. The van der Waals surface area contributed by atoms with Gasteiger partial charge in [-0.2, -0.15) is 0 Å². The van der Waals surface area contributed by atoms with Crippen molar-refractivity contribution in [1.29, 1.82) is 0 Å². The summed E-state index contributed by atoms with van der Waals surface area (Å²) in [6, 6.07) is 5.79. The van der Waals surface area contributed by atoms with E-state index in [4.69, 9.17) is 5.73 Å². The number of halogens is 3. The molecule has 0 amide bonds. The molecular formula is C26H26F3N3O3. The molecule has 0 radical (unpaired) electrons. The molecule has 184 valence electrons. The molecular weight excluding hydrogens is 459 g/mol. The molecule has 4 N–H and O–H groups in total. The Hall–Kier alpha value is -3.30. The van der Waals surface area contributed by atoms with Crippen molar-refractivity contribution >= 4 is 11.5 Å². The van der Waals surface area contributed by atoms with Crippen molar-refractivity contribution in [3.8, 4) is 11.3 Å². The zero-order valence-corrected chi connectivity index (χ0v) is 19.3. The van der Waals surface area contributed by atoms with E-state index in [1.165, 1.54) is 0 Å². The number of carbonyl (C=O) groups is 1. The molecule has 0 bridgehead atoms. The quantitative estimate of drug-likeness (QED) is 0.369. The molecule has 2 aromatic heterocycles. The number of Topliss-reactive ketones (excluding diaryl/α,β-unsaturated/α-hetero) is 1. The summed E-state index contributed by atoms with van der Waals surface area (Å²) in [5.74, 6) is -4.00. The van der Waals surface area contributed by atoms with Gasteiger partial charge in [0.05, 0.1) is 23.0 Å². The van der Waals surface area contributed by atoms with Crippen LogP contribution in [0.3, 0.4) is 0 Å². The lowest BCUT2D eigenvalue weighted by Gasteiger charge is -2.43. The van der Waals surface area contributed by atoms with E-state index < -0.39 is 46.2 Å². The third kappa shape index (κ3) is 4.66. The van der Waals surface area contributed by atoms with E-state index in [9.17, 15) is 28.2 Å². The van der Waals surface area contributed by atoms with Gasteiger partial charge in [-0.3, -0.25) is 9.78 Å². The first-order valence-corrected chi connectivity index (χ1v) is 11.3. The molecule has 9 heteroatoms. The average molecular weight is 486 g/mol. The predicted octanol–water partition coefficient (Wildman–Crippen LogP) is 4.19. The summed E-state index contributed by atoms with van der Waals surface area (Å²) >= 11 is 0. The highest BCUT2D eigenvalue weighted by atomic mass is 19.1. The number of nitrogens with zero attached hydrogens (tertiary/aromatic N) is 2. The number of nitrogens with two attached hydrogens (primary N) is 1. The minimum atomic E-state index is -1.21. The van der Waals surface area contributed by atoms with Gasteiger partial charge >= 0.3 is 0 Å². The van der Waals surface area contributed by atoms with Crippen LogP contribution in [-0.2, 0) is 6.42 Å². The lowest BCUT2D eigenvalue weighted by molar-refractivity contribution is -0.123. The van der Waals surface area contributed by atoms with E-state index in [2.05, 4.69) is 9.97 Å². The van der Waals surface area contributed by atoms with E-state index in [1.807, 2.05) is 6.92 Å². The number of rotatable bonds is 5. The van der Waals surface area contributed by atoms with Crippen molar-refractivity contribution in [2.75, 3.05) is 5.73 Å². The van der Waals surface area contributed by atoms with Gasteiger partial charge in [0.2, 0.25) is 0 Å². The molecule has 3 aromatic rings. The fourth-order valence-electron chi connectivity index (χ4n) is 4.66. The molecule has 2 heterocycles. The van der Waals surface area contributed by atoms with E-state index in [0.29, 0.717) is 18.4 Å². The number of aromatic nitrogens is 2. The van der Waals surface area contributed by atoms with Crippen LogP contribution in [-0.4, -0.2) is 37.7 Å². The largest absolute Gasteiger partial charge is 0.396 e. The number of hydrogen-bond acceptors (Lipinski definition) is 6. The first kappa shape index (κ1) is 24.8. The van der Waals surface area contributed by atoms with Crippen molar-refractivity contribution in [3.05, 3.63) is 77.0 Å². The molecule has 0 saturated heterocycles. The molecule has 1 fully saturated rings. The highest BCUT2D eigenvalue weighted by Crippen LogP contribution is 2.42. The van der Waals surface area contributed by atoms with Crippen LogP contribution < -0.4 is 5.73 Å². The molecule has 0 aliphatic heterocycles. The second kappa shape index (κ2) is 9.39. The molecule has 1 aliphatic rings. The number of aliphatic hydroxyl groups is 2. The molecule has 1 aromatic carbocycles. The number of anilines is 1. The summed E-state index contributed by atoms with van der Waals surface area (Å²) in [6.45, 7) is 3.47. The summed E-state index contributed by atoms with van der Waals surface area (Å²) in [4.78, 5) is 21.1. The smallest absolute Gasteiger partial charge is 0.185 e. The van der Waals surface area contributed by atoms with Crippen molar-refractivity contribution < 1.29 is 28.2 Å². The van der Waals surface area contributed by atoms with Crippen molar-refractivity contribution in [1.82, 2.24) is 9.97 Å². The van der Waals surface area contributed by atoms with Gasteiger partial charge in [-0.25, -0.2) is 18.2 Å². The Morgan fingerprint density at radius 2 is 1.86 bits per heavy atom. The highest BCUT2D eigenvalue weighted by Gasteiger charge is 2.43. The molecule has 0 spiro atoms. The Labute approximate surface area is 200 Å². The summed E-state index contributed by atoms with van der Waals surface area (Å²) in [7, 11) is 0. The average Bonchev–Trinajstić information content (AvgIpc) is 2.81. The number of benzene rings is 1. The van der Waals surface area contributed by atoms with Crippen LogP contribution in [0.2, 0.25) is 0 Å². The van der Waals surface area contributed by atoms with Crippen LogP contribution in [0.4, 0.5) is 18.9 Å². The number of nitrogen functional groups attached to an aromatic ring is 1. The Bertz CT molecular complexity index is 1270. The van der Waals surface area contributed by atoms with E-state index in [-0.39, 0.29) is 29.6 Å². The van der Waals surface area contributed by atoms with Gasteiger partial charge in [0.25, 0.3) is 0 Å². The third-order valence-corrected chi connectivity index (χ3v) is 7.04. The minimum absolute atomic E-state index is 0.113. The normalized spacial score (nSPS) is 24.4. The first-order chi connectivity index (χ1) is 16.5. The van der Waals surface area contributed by atoms with Crippen molar-refractivity contribution in [2.45, 2.75) is 50.7 Å². The van der Waals surface area contributed by atoms with Crippen molar-refractivity contribution in [3.63, 3.8) is 0 Å². The van der Waals surface area contributed by atoms with E-state index >= 15 is 0 Å². The third-order valence-electron chi connectivity index (χ3n) is 7.04. The zero-order chi connectivity index (χ0) is 25.5. The SMILES string of the molecule is C[C@H]1C[C@@H](c2ccncc2CC(=O)c2ccc(F)c(-c3c(F)ccc(N)c3F)n2)C[C@@H](O)[C@]1(C)O. The maximum Gasteiger partial charge on any atom is 0.185 e. The fraction of sp³-hybridized carbons (Fsp3) is 0.346. The number of hydrogen-bond donors (Lipinski definition) is 3. The Balaban J connectivity index is 1.64. The number of ketones is 1. The van der Waals surface area contributed by atoms with E-state index in [0.717, 1.165) is 29.8 Å². The van der Waals surface area contributed by atoms with Crippen LogP contribution in [0, 0.1) is 23.4 Å². The summed E-state index contributed by atoms with van der Waals surface area (Å²) in [5.41, 5.74) is 3.77. The van der Waals surface area contributed by atoms with Crippen LogP contribution in [0.15, 0.2) is 42.7 Å². The molecule has 1 aliphatic carbocycles. The van der Waals surface area contributed by atoms with Gasteiger partial charge < -0.3 is 15.9 Å². The van der Waals surface area contributed by atoms with Crippen molar-refractivity contribution in [2.24, 2.45) is 5.92 Å². The topological polar surface area (TPSA) is 109 Å². The Morgan fingerprint density at radius 3 is 2.57 bits per heavy atom. The zero-order valence-electron chi connectivity index (χ0n) is 19.3. The second-order valence-corrected chi connectivity index (χ2v) is 9.34. The number of aliphatic hydroxyl groups excluding tert-OH is 1. The molecule has 35 heavy (non-hydrogen) atoms. The number of pyridine rings is 2. The molecule has 0 unspecified atom stereocenters. The predicted molar refractivity (Wildman–Crippen MR) is 124 cm³/mol. The molecule has 1 saturated carbocycles. The van der Waals surface area contributed by atoms with Gasteiger partial charge in [-0.15, -0.1) is 0 Å². The summed E-state index contributed by atoms with van der Waals surface area (Å²) in [5, 5.41) is 21.0.